The van der Waals surface area contributed by atoms with E-state index in [2.05, 4.69) is 36.5 Å². The molecule has 0 aliphatic carbocycles. The van der Waals surface area contributed by atoms with Crippen LogP contribution in [0.2, 0.25) is 0 Å². The van der Waals surface area contributed by atoms with Gasteiger partial charge in [0.2, 0.25) is 0 Å². The van der Waals surface area contributed by atoms with Crippen molar-refractivity contribution in [1.29, 1.82) is 0 Å². The maximum absolute atomic E-state index is 6.00. The summed E-state index contributed by atoms with van der Waals surface area (Å²) in [6, 6.07) is 8.91. The summed E-state index contributed by atoms with van der Waals surface area (Å²) in [6.07, 6.45) is 0. The van der Waals surface area contributed by atoms with Crippen LogP contribution in [0.4, 0.5) is 0 Å². The van der Waals surface area contributed by atoms with E-state index in [4.69, 9.17) is 5.73 Å². The molecule has 2 rings (SSSR count). The molecule has 2 heteroatoms. The third kappa shape index (κ3) is 1.74. The topological polar surface area (TPSA) is 38.0 Å². The summed E-state index contributed by atoms with van der Waals surface area (Å²) < 4.78 is 0. The van der Waals surface area contributed by atoms with Gasteiger partial charge >= 0.3 is 0 Å². The number of hydrogen-bond donors (Lipinski definition) is 2. The van der Waals surface area contributed by atoms with Crippen LogP contribution < -0.4 is 11.1 Å². The van der Waals surface area contributed by atoms with Crippen molar-refractivity contribution in [2.75, 3.05) is 13.1 Å². The van der Waals surface area contributed by atoms with Crippen LogP contribution in [0.25, 0.3) is 0 Å². The van der Waals surface area contributed by atoms with Crippen molar-refractivity contribution in [3.8, 4) is 0 Å². The van der Waals surface area contributed by atoms with Gasteiger partial charge in [0, 0.05) is 25.0 Å². The van der Waals surface area contributed by atoms with Crippen molar-refractivity contribution in [2.45, 2.75) is 18.9 Å². The Labute approximate surface area is 79.1 Å². The Morgan fingerprint density at radius 1 is 1.38 bits per heavy atom. The summed E-state index contributed by atoms with van der Waals surface area (Å²) in [4.78, 5) is 0. The summed E-state index contributed by atoms with van der Waals surface area (Å²) in [5.41, 5.74) is 8.69. The molecule has 1 aliphatic heterocycles. The Hall–Kier alpha value is -0.860. The number of nitrogens with one attached hydrogen (secondary N) is 1. The van der Waals surface area contributed by atoms with Crippen LogP contribution >= 0.6 is 0 Å². The van der Waals surface area contributed by atoms with Gasteiger partial charge in [-0.25, -0.2) is 0 Å². The summed E-state index contributed by atoms with van der Waals surface area (Å²) >= 11 is 0. The van der Waals surface area contributed by atoms with Crippen LogP contribution in [0, 0.1) is 6.92 Å². The normalized spacial score (nSPS) is 27.8. The van der Waals surface area contributed by atoms with Crippen LogP contribution in [-0.2, 0) is 0 Å². The fraction of sp³-hybridized carbons (Fsp3) is 0.455. The highest BCUT2D eigenvalue weighted by atomic mass is 15.0. The molecule has 1 aromatic rings. The van der Waals surface area contributed by atoms with Crippen LogP contribution in [0.5, 0.6) is 0 Å². The first-order valence-corrected chi connectivity index (χ1v) is 4.80. The number of nitrogens with two attached hydrogens (primary N) is 1. The molecule has 1 aliphatic rings. The highest BCUT2D eigenvalue weighted by molar-refractivity contribution is 5.28. The molecule has 2 atom stereocenters. The highest BCUT2D eigenvalue weighted by Gasteiger charge is 2.24. The van der Waals surface area contributed by atoms with E-state index in [1.165, 1.54) is 11.1 Å². The monoisotopic (exact) mass is 176 g/mol. The molecule has 1 saturated heterocycles. The van der Waals surface area contributed by atoms with Gasteiger partial charge in [-0.15, -0.1) is 0 Å². The van der Waals surface area contributed by atoms with Crippen molar-refractivity contribution in [3.63, 3.8) is 0 Å². The second kappa shape index (κ2) is 3.48. The molecule has 1 fully saturated rings. The predicted molar refractivity (Wildman–Crippen MR) is 54.8 cm³/mol. The number of aryl methyl sites for hydroxylation is 1. The zero-order valence-corrected chi connectivity index (χ0v) is 7.96. The van der Waals surface area contributed by atoms with Crippen LogP contribution in [-0.4, -0.2) is 19.1 Å². The van der Waals surface area contributed by atoms with Gasteiger partial charge in [-0.2, -0.15) is 0 Å². The quantitative estimate of drug-likeness (QED) is 0.670. The van der Waals surface area contributed by atoms with Gasteiger partial charge in [0.1, 0.15) is 0 Å². The molecule has 0 radical (unpaired) electrons. The summed E-state index contributed by atoms with van der Waals surface area (Å²) in [5, 5.41) is 3.32. The van der Waals surface area contributed by atoms with E-state index in [1.54, 1.807) is 0 Å². The molecule has 2 nitrogen and oxygen atoms in total. The van der Waals surface area contributed by atoms with Crippen LogP contribution in [0.3, 0.4) is 0 Å². The van der Waals surface area contributed by atoms with Gasteiger partial charge in [0.25, 0.3) is 0 Å². The zero-order valence-electron chi connectivity index (χ0n) is 7.96. The van der Waals surface area contributed by atoms with Crippen molar-refractivity contribution < 1.29 is 0 Å². The van der Waals surface area contributed by atoms with Gasteiger partial charge in [-0.1, -0.05) is 29.8 Å². The fourth-order valence-corrected chi connectivity index (χ4v) is 1.96. The average molecular weight is 176 g/mol. The molecule has 13 heavy (non-hydrogen) atoms. The molecule has 0 bridgehead atoms. The lowest BCUT2D eigenvalue weighted by molar-refractivity contribution is 0.653. The second-order valence-electron chi connectivity index (χ2n) is 3.84. The minimum atomic E-state index is 0.279. The van der Waals surface area contributed by atoms with E-state index in [9.17, 15) is 0 Å². The first-order chi connectivity index (χ1) is 6.27. The molecule has 0 saturated carbocycles. The van der Waals surface area contributed by atoms with Crippen LogP contribution in [0.15, 0.2) is 24.3 Å². The third-order valence-corrected chi connectivity index (χ3v) is 2.73. The zero-order chi connectivity index (χ0) is 9.26. The Balaban J connectivity index is 2.24. The van der Waals surface area contributed by atoms with Gasteiger partial charge < -0.3 is 11.1 Å². The second-order valence-corrected chi connectivity index (χ2v) is 3.84. The Morgan fingerprint density at radius 2 is 2.23 bits per heavy atom. The lowest BCUT2D eigenvalue weighted by atomic mass is 9.94. The number of rotatable bonds is 1. The molecular weight excluding hydrogens is 160 g/mol. The van der Waals surface area contributed by atoms with Gasteiger partial charge in [-0.05, 0) is 12.5 Å². The van der Waals surface area contributed by atoms with E-state index < -0.39 is 0 Å². The third-order valence-electron chi connectivity index (χ3n) is 2.73. The predicted octanol–water partition coefficient (Wildman–Crippen LogP) is 1.01. The molecule has 1 heterocycles. The first kappa shape index (κ1) is 8.73. The maximum atomic E-state index is 6.00. The van der Waals surface area contributed by atoms with E-state index in [0.717, 1.165) is 13.1 Å². The Morgan fingerprint density at radius 3 is 2.85 bits per heavy atom. The molecule has 70 valence electrons. The molecule has 0 amide bonds. The molecular formula is C11H16N2. The van der Waals surface area contributed by atoms with Crippen molar-refractivity contribution in [3.05, 3.63) is 35.4 Å². The lowest BCUT2D eigenvalue weighted by Gasteiger charge is -2.14. The van der Waals surface area contributed by atoms with Crippen LogP contribution in [0.1, 0.15) is 17.0 Å². The maximum Gasteiger partial charge on any atom is 0.0247 e. The standard InChI is InChI=1S/C11H16N2/c1-8-3-2-4-9(5-8)10-6-13-7-11(10)12/h2-5,10-11,13H,6-7,12H2,1H3/t10-,11-/m0/s1. The van der Waals surface area contributed by atoms with E-state index in [0.29, 0.717) is 5.92 Å². The minimum Gasteiger partial charge on any atom is -0.326 e. The van der Waals surface area contributed by atoms with Gasteiger partial charge in [0.05, 0.1) is 0 Å². The molecule has 1 aromatic carbocycles. The van der Waals surface area contributed by atoms with Crippen molar-refractivity contribution in [2.24, 2.45) is 5.73 Å². The van der Waals surface area contributed by atoms with Gasteiger partial charge in [0.15, 0.2) is 0 Å². The lowest BCUT2D eigenvalue weighted by Crippen LogP contribution is -2.27. The summed E-state index contributed by atoms with van der Waals surface area (Å²) in [7, 11) is 0. The van der Waals surface area contributed by atoms with Crippen molar-refractivity contribution in [1.82, 2.24) is 5.32 Å². The Kier molecular flexibility index (Phi) is 2.34. The summed E-state index contributed by atoms with van der Waals surface area (Å²) in [6.45, 7) is 4.08. The Bertz CT molecular complexity index is 296. The largest absolute Gasteiger partial charge is 0.326 e. The average Bonchev–Trinajstić information content (AvgIpc) is 2.51. The van der Waals surface area contributed by atoms with Crippen molar-refractivity contribution >= 4 is 0 Å². The number of hydrogen-bond acceptors (Lipinski definition) is 2. The molecule has 3 N–H and O–H groups in total. The van der Waals surface area contributed by atoms with E-state index >= 15 is 0 Å². The first-order valence-electron chi connectivity index (χ1n) is 4.80. The van der Waals surface area contributed by atoms with E-state index in [-0.39, 0.29) is 6.04 Å². The summed E-state index contributed by atoms with van der Waals surface area (Å²) in [5.74, 6) is 0.500. The molecule has 0 spiro atoms. The smallest absolute Gasteiger partial charge is 0.0247 e. The molecule has 0 unspecified atom stereocenters. The molecule has 0 aromatic heterocycles. The highest BCUT2D eigenvalue weighted by Crippen LogP contribution is 2.21. The minimum absolute atomic E-state index is 0.279. The fourth-order valence-electron chi connectivity index (χ4n) is 1.96. The van der Waals surface area contributed by atoms with E-state index in [1.807, 2.05) is 0 Å². The van der Waals surface area contributed by atoms with Gasteiger partial charge in [-0.3, -0.25) is 0 Å². The number of benzene rings is 1. The SMILES string of the molecule is Cc1cccc([C@@H]2CNC[C@@H]2N)c1.